The molecule has 110 valence electrons. The maximum absolute atomic E-state index is 12.1. The normalized spacial score (nSPS) is 13.2. The summed E-state index contributed by atoms with van der Waals surface area (Å²) in [7, 11) is -3.40. The van der Waals surface area contributed by atoms with Crippen LogP contribution in [-0.2, 0) is 10.2 Å². The Balaban J connectivity index is 4.62. The zero-order valence-electron chi connectivity index (χ0n) is 12.2. The van der Waals surface area contributed by atoms with Crippen molar-refractivity contribution in [1.82, 2.24) is 9.03 Å². The Morgan fingerprint density at radius 1 is 1.06 bits per heavy atom. The minimum absolute atomic E-state index is 0.298. The number of nitrogens with zero attached hydrogens (tertiary/aromatic N) is 1. The van der Waals surface area contributed by atoms with Gasteiger partial charge in [-0.15, -0.1) is 0 Å². The molecule has 0 saturated heterocycles. The molecule has 0 aromatic rings. The molecule has 0 aromatic heterocycles. The molecule has 0 radical (unpaired) electrons. The first-order valence-electron chi connectivity index (χ1n) is 6.88. The molecule has 0 unspecified atom stereocenters. The first-order valence-corrected chi connectivity index (χ1v) is 8.32. The van der Waals surface area contributed by atoms with Gasteiger partial charge in [0.25, 0.3) is 10.2 Å². The van der Waals surface area contributed by atoms with E-state index in [1.165, 1.54) is 4.31 Å². The van der Waals surface area contributed by atoms with Gasteiger partial charge in [-0.25, -0.2) is 4.72 Å². The van der Waals surface area contributed by atoms with Gasteiger partial charge in [0.2, 0.25) is 0 Å². The fraction of sp³-hybridized carbons (Fsp3) is 1.00. The molecule has 0 spiro atoms. The molecular formula is C12H29N3O2S. The summed E-state index contributed by atoms with van der Waals surface area (Å²) in [5, 5.41) is 0. The minimum Gasteiger partial charge on any atom is -0.324 e. The zero-order chi connectivity index (χ0) is 14.2. The van der Waals surface area contributed by atoms with Crippen LogP contribution in [0.25, 0.3) is 0 Å². The van der Waals surface area contributed by atoms with Crippen molar-refractivity contribution < 1.29 is 8.42 Å². The topological polar surface area (TPSA) is 75.4 Å². The summed E-state index contributed by atoms with van der Waals surface area (Å²) in [6.45, 7) is 9.32. The summed E-state index contributed by atoms with van der Waals surface area (Å²) in [5.41, 5.74) is 5.66. The van der Waals surface area contributed by atoms with Crippen molar-refractivity contribution in [1.29, 1.82) is 0 Å². The largest absolute Gasteiger partial charge is 0.324 e. The van der Waals surface area contributed by atoms with Gasteiger partial charge in [0, 0.05) is 25.2 Å². The van der Waals surface area contributed by atoms with E-state index in [0.29, 0.717) is 19.6 Å². The van der Waals surface area contributed by atoms with Gasteiger partial charge in [-0.3, -0.25) is 0 Å². The highest BCUT2D eigenvalue weighted by molar-refractivity contribution is 7.87. The van der Waals surface area contributed by atoms with E-state index < -0.39 is 15.7 Å². The van der Waals surface area contributed by atoms with Gasteiger partial charge < -0.3 is 5.73 Å². The number of nitrogens with two attached hydrogens (primary N) is 1. The molecule has 0 atom stereocenters. The van der Waals surface area contributed by atoms with Crippen LogP contribution >= 0.6 is 0 Å². The lowest BCUT2D eigenvalue weighted by molar-refractivity contribution is 0.368. The first-order chi connectivity index (χ1) is 8.35. The number of rotatable bonds is 10. The fourth-order valence-electron chi connectivity index (χ4n) is 1.68. The van der Waals surface area contributed by atoms with Gasteiger partial charge in [-0.1, -0.05) is 27.7 Å². The van der Waals surface area contributed by atoms with Gasteiger partial charge in [0.05, 0.1) is 0 Å². The van der Waals surface area contributed by atoms with E-state index in [1.807, 2.05) is 27.7 Å². The predicted molar refractivity (Wildman–Crippen MR) is 76.6 cm³/mol. The summed E-state index contributed by atoms with van der Waals surface area (Å²) in [4.78, 5) is 0. The fourth-order valence-corrected chi connectivity index (χ4v) is 3.18. The van der Waals surface area contributed by atoms with Crippen LogP contribution in [0, 0.1) is 0 Å². The van der Waals surface area contributed by atoms with Crippen LogP contribution in [0.4, 0.5) is 0 Å². The maximum Gasteiger partial charge on any atom is 0.279 e. The standard InChI is InChI=1S/C12H29N3O2S/c1-5-9-15(10-6-2)18(16,17)14-11-12(13,7-3)8-4/h14H,5-11,13H2,1-4H3. The minimum atomic E-state index is -3.40. The smallest absolute Gasteiger partial charge is 0.279 e. The first kappa shape index (κ1) is 17.8. The molecule has 18 heavy (non-hydrogen) atoms. The van der Waals surface area contributed by atoms with Crippen LogP contribution in [0.3, 0.4) is 0 Å². The SMILES string of the molecule is CCCN(CCC)S(=O)(=O)NCC(N)(CC)CC. The van der Waals surface area contributed by atoms with Crippen molar-refractivity contribution in [2.24, 2.45) is 5.73 Å². The molecule has 0 aliphatic heterocycles. The zero-order valence-corrected chi connectivity index (χ0v) is 13.0. The van der Waals surface area contributed by atoms with Crippen LogP contribution in [0.15, 0.2) is 0 Å². The second-order valence-electron chi connectivity index (χ2n) is 4.79. The molecule has 0 fully saturated rings. The molecule has 0 bridgehead atoms. The summed E-state index contributed by atoms with van der Waals surface area (Å²) in [6.07, 6.45) is 3.15. The summed E-state index contributed by atoms with van der Waals surface area (Å²) >= 11 is 0. The number of hydrogen-bond acceptors (Lipinski definition) is 3. The van der Waals surface area contributed by atoms with Gasteiger partial charge in [-0.05, 0) is 25.7 Å². The molecule has 3 N–H and O–H groups in total. The predicted octanol–water partition coefficient (Wildman–Crippen LogP) is 1.46. The van der Waals surface area contributed by atoms with E-state index in [1.54, 1.807) is 0 Å². The second kappa shape index (κ2) is 8.09. The Bertz CT molecular complexity index is 307. The second-order valence-corrected chi connectivity index (χ2v) is 6.55. The molecule has 0 rings (SSSR count). The van der Waals surface area contributed by atoms with Crippen molar-refractivity contribution in [3.8, 4) is 0 Å². The lowest BCUT2D eigenvalue weighted by Gasteiger charge is -2.29. The lowest BCUT2D eigenvalue weighted by Crippen LogP contribution is -2.52. The van der Waals surface area contributed by atoms with Gasteiger partial charge in [-0.2, -0.15) is 12.7 Å². The van der Waals surface area contributed by atoms with Crippen molar-refractivity contribution in [2.45, 2.75) is 58.9 Å². The Morgan fingerprint density at radius 3 is 1.83 bits per heavy atom. The number of nitrogens with one attached hydrogen (secondary N) is 1. The molecule has 0 amide bonds. The summed E-state index contributed by atoms with van der Waals surface area (Å²) in [6, 6.07) is 0. The Labute approximate surface area is 112 Å². The quantitative estimate of drug-likeness (QED) is 0.635. The van der Waals surface area contributed by atoms with E-state index in [9.17, 15) is 8.42 Å². The highest BCUT2D eigenvalue weighted by Gasteiger charge is 2.26. The van der Waals surface area contributed by atoms with Crippen LogP contribution in [-0.4, -0.2) is 37.9 Å². The summed E-state index contributed by atoms with van der Waals surface area (Å²) in [5.74, 6) is 0. The van der Waals surface area contributed by atoms with Gasteiger partial charge >= 0.3 is 0 Å². The summed E-state index contributed by atoms with van der Waals surface area (Å²) < 4.78 is 28.4. The van der Waals surface area contributed by atoms with E-state index in [0.717, 1.165) is 25.7 Å². The van der Waals surface area contributed by atoms with E-state index in [-0.39, 0.29) is 0 Å². The lowest BCUT2D eigenvalue weighted by atomic mass is 9.95. The Kier molecular flexibility index (Phi) is 8.02. The van der Waals surface area contributed by atoms with Crippen molar-refractivity contribution in [2.75, 3.05) is 19.6 Å². The van der Waals surface area contributed by atoms with Crippen LogP contribution < -0.4 is 10.5 Å². The molecule has 0 saturated carbocycles. The third-order valence-electron chi connectivity index (χ3n) is 3.30. The maximum atomic E-state index is 12.1. The monoisotopic (exact) mass is 279 g/mol. The van der Waals surface area contributed by atoms with Crippen molar-refractivity contribution in [3.63, 3.8) is 0 Å². The Morgan fingerprint density at radius 2 is 1.50 bits per heavy atom. The number of hydrogen-bond donors (Lipinski definition) is 2. The highest BCUT2D eigenvalue weighted by Crippen LogP contribution is 2.11. The van der Waals surface area contributed by atoms with Crippen LogP contribution in [0.1, 0.15) is 53.4 Å². The van der Waals surface area contributed by atoms with E-state index in [4.69, 9.17) is 5.73 Å². The van der Waals surface area contributed by atoms with Crippen LogP contribution in [0.2, 0.25) is 0 Å². The van der Waals surface area contributed by atoms with E-state index >= 15 is 0 Å². The molecule has 0 aliphatic rings. The average molecular weight is 279 g/mol. The molecule has 5 nitrogen and oxygen atoms in total. The van der Waals surface area contributed by atoms with E-state index in [2.05, 4.69) is 4.72 Å². The highest BCUT2D eigenvalue weighted by atomic mass is 32.2. The van der Waals surface area contributed by atoms with Crippen molar-refractivity contribution in [3.05, 3.63) is 0 Å². The molecular weight excluding hydrogens is 250 g/mol. The third kappa shape index (κ3) is 5.65. The molecule has 0 aromatic carbocycles. The Hall–Kier alpha value is -0.170. The van der Waals surface area contributed by atoms with Crippen LogP contribution in [0.5, 0.6) is 0 Å². The average Bonchev–Trinajstić information content (AvgIpc) is 2.36. The van der Waals surface area contributed by atoms with Gasteiger partial charge in [0.1, 0.15) is 0 Å². The molecule has 0 heterocycles. The van der Waals surface area contributed by atoms with Gasteiger partial charge in [0.15, 0.2) is 0 Å². The van der Waals surface area contributed by atoms with Crippen molar-refractivity contribution >= 4 is 10.2 Å². The third-order valence-corrected chi connectivity index (χ3v) is 4.85. The molecule has 6 heteroatoms. The molecule has 0 aliphatic carbocycles.